The van der Waals surface area contributed by atoms with Crippen molar-refractivity contribution < 1.29 is 24.2 Å². The minimum absolute atomic E-state index is 0.0111. The van der Waals surface area contributed by atoms with Gasteiger partial charge in [0.25, 0.3) is 0 Å². The van der Waals surface area contributed by atoms with E-state index in [0.29, 0.717) is 30.4 Å². The number of likely N-dealkylation sites (tertiary alicyclic amines) is 2. The van der Waals surface area contributed by atoms with Crippen LogP contribution < -0.4 is 10.6 Å². The fourth-order valence-corrected chi connectivity index (χ4v) is 7.63. The Kier molecular flexibility index (Phi) is 12.2. The topological polar surface area (TPSA) is 169 Å². The number of carboxylic acid groups (broad SMARTS) is 1. The molecule has 0 spiro atoms. The number of aromatic amines is 2. The van der Waals surface area contributed by atoms with Crippen molar-refractivity contribution in [3.05, 3.63) is 71.7 Å². The van der Waals surface area contributed by atoms with Gasteiger partial charge in [-0.15, -0.1) is 0 Å². The molecule has 13 nitrogen and oxygen atoms in total. The molecular weight excluding hydrogens is 685 g/mol. The SMILES string of the molecule is CCC(C)C(CN1CCCC1c1ncc(-c2ccc3cc(C#Cc4cnc(C5CCCN5C(=O)C(NC(=O)O)C(C)CC)[nH]4)ccc3c2)[nH]1)NC(=O)OC. The van der Waals surface area contributed by atoms with Crippen LogP contribution in [0, 0.1) is 23.7 Å². The van der Waals surface area contributed by atoms with Gasteiger partial charge in [0.1, 0.15) is 23.4 Å². The molecule has 2 aliphatic heterocycles. The molecule has 6 unspecified atom stereocenters. The van der Waals surface area contributed by atoms with Gasteiger partial charge in [-0.05, 0) is 79.0 Å². The van der Waals surface area contributed by atoms with Crippen molar-refractivity contribution in [2.75, 3.05) is 26.7 Å². The van der Waals surface area contributed by atoms with Gasteiger partial charge in [-0.25, -0.2) is 19.6 Å². The predicted octanol–water partition coefficient (Wildman–Crippen LogP) is 6.61. The summed E-state index contributed by atoms with van der Waals surface area (Å²) in [4.78, 5) is 57.4. The van der Waals surface area contributed by atoms with Gasteiger partial charge in [0.2, 0.25) is 5.91 Å². The average Bonchev–Trinajstić information content (AvgIpc) is 4.02. The lowest BCUT2D eigenvalue weighted by molar-refractivity contribution is -0.135. The molecule has 3 amide bonds. The van der Waals surface area contributed by atoms with E-state index in [2.05, 4.69) is 86.5 Å². The third-order valence-electron chi connectivity index (χ3n) is 11.2. The zero-order chi connectivity index (χ0) is 38.4. The van der Waals surface area contributed by atoms with Crippen molar-refractivity contribution in [2.24, 2.45) is 11.8 Å². The quantitative estimate of drug-likeness (QED) is 0.101. The summed E-state index contributed by atoms with van der Waals surface area (Å²) in [6.45, 7) is 10.4. The molecule has 2 aromatic carbocycles. The first-order chi connectivity index (χ1) is 26.1. The van der Waals surface area contributed by atoms with Crippen LogP contribution in [0.4, 0.5) is 9.59 Å². The molecule has 2 fully saturated rings. The summed E-state index contributed by atoms with van der Waals surface area (Å²) in [6, 6.07) is 11.6. The first kappa shape index (κ1) is 38.4. The Labute approximate surface area is 316 Å². The van der Waals surface area contributed by atoms with Crippen LogP contribution in [-0.2, 0) is 9.53 Å². The summed E-state index contributed by atoms with van der Waals surface area (Å²) in [7, 11) is 1.40. The minimum Gasteiger partial charge on any atom is -0.465 e. The first-order valence-electron chi connectivity index (χ1n) is 19.1. The second-order valence-corrected chi connectivity index (χ2v) is 14.7. The number of rotatable bonds is 12. The number of nitrogens with zero attached hydrogens (tertiary/aromatic N) is 4. The second-order valence-electron chi connectivity index (χ2n) is 14.7. The Hall–Kier alpha value is -5.35. The lowest BCUT2D eigenvalue weighted by Gasteiger charge is -2.31. The Morgan fingerprint density at radius 2 is 1.61 bits per heavy atom. The molecule has 2 saturated heterocycles. The molecule has 0 aliphatic carbocycles. The third kappa shape index (κ3) is 8.71. The molecule has 0 radical (unpaired) electrons. The average molecular weight is 737 g/mol. The number of amides is 3. The number of aromatic nitrogens is 4. The van der Waals surface area contributed by atoms with Crippen LogP contribution >= 0.6 is 0 Å². The van der Waals surface area contributed by atoms with E-state index in [1.165, 1.54) is 7.11 Å². The number of hydrogen-bond donors (Lipinski definition) is 5. The van der Waals surface area contributed by atoms with Crippen molar-refractivity contribution in [2.45, 2.75) is 90.4 Å². The highest BCUT2D eigenvalue weighted by atomic mass is 16.5. The number of H-pyrrole nitrogens is 2. The summed E-state index contributed by atoms with van der Waals surface area (Å²) < 4.78 is 4.90. The number of methoxy groups -OCH3 is 1. The number of benzene rings is 2. The largest absolute Gasteiger partial charge is 0.465 e. The van der Waals surface area contributed by atoms with Gasteiger partial charge in [-0.1, -0.05) is 64.7 Å². The highest BCUT2D eigenvalue weighted by Crippen LogP contribution is 2.34. The Morgan fingerprint density at radius 3 is 2.37 bits per heavy atom. The molecule has 286 valence electrons. The minimum atomic E-state index is -1.20. The zero-order valence-electron chi connectivity index (χ0n) is 31.8. The van der Waals surface area contributed by atoms with Gasteiger partial charge in [0.15, 0.2) is 0 Å². The van der Waals surface area contributed by atoms with Crippen LogP contribution in [0.1, 0.15) is 101 Å². The maximum absolute atomic E-state index is 13.5. The van der Waals surface area contributed by atoms with E-state index in [-0.39, 0.29) is 30.0 Å². The Bertz CT molecular complexity index is 2010. The molecule has 54 heavy (non-hydrogen) atoms. The smallest absolute Gasteiger partial charge is 0.407 e. The van der Waals surface area contributed by atoms with Gasteiger partial charge in [-0.3, -0.25) is 9.69 Å². The summed E-state index contributed by atoms with van der Waals surface area (Å²) in [5.74, 6) is 7.99. The lowest BCUT2D eigenvalue weighted by Crippen LogP contribution is -2.51. The van der Waals surface area contributed by atoms with E-state index >= 15 is 0 Å². The highest BCUT2D eigenvalue weighted by Gasteiger charge is 2.38. The fraction of sp³-hybridized carbons (Fsp3) is 0.488. The van der Waals surface area contributed by atoms with Crippen molar-refractivity contribution >= 4 is 28.9 Å². The fourth-order valence-electron chi connectivity index (χ4n) is 7.63. The normalized spacial score (nSPS) is 19.5. The van der Waals surface area contributed by atoms with Crippen molar-refractivity contribution in [1.82, 2.24) is 40.4 Å². The number of nitrogens with one attached hydrogen (secondary N) is 4. The second kappa shape index (κ2) is 17.2. The van der Waals surface area contributed by atoms with E-state index in [0.717, 1.165) is 78.6 Å². The number of hydrogen-bond acceptors (Lipinski definition) is 7. The van der Waals surface area contributed by atoms with Crippen molar-refractivity contribution in [1.29, 1.82) is 0 Å². The summed E-state index contributed by atoms with van der Waals surface area (Å²) in [5.41, 5.74) is 3.52. The number of carbonyl (C=O) groups excluding carboxylic acids is 2. The van der Waals surface area contributed by atoms with Crippen LogP contribution in [0.3, 0.4) is 0 Å². The molecule has 6 rings (SSSR count). The molecule has 13 heteroatoms. The van der Waals surface area contributed by atoms with E-state index < -0.39 is 18.2 Å². The standard InChI is InChI=1S/C41H52N8O5/c1-6-25(3)33(46-41(53)54-5)24-48-18-8-10-34(48)37-43-23-32(45-37)30-16-15-28-20-27(12-14-29(28)21-30)13-17-31-22-42-38(44-31)35-11-9-19-49(35)39(50)36(26(4)7-2)47-40(51)52/h12,14-16,20-23,25-26,33-36,47H,6-11,18-19,24H2,1-5H3,(H,42,44)(H,43,45)(H,46,53)(H,51,52). The van der Waals surface area contributed by atoms with E-state index in [1.54, 1.807) is 11.1 Å². The molecule has 6 atom stereocenters. The van der Waals surface area contributed by atoms with Gasteiger partial charge < -0.3 is 35.3 Å². The number of imidazole rings is 2. The predicted molar refractivity (Wildman–Crippen MR) is 207 cm³/mol. The van der Waals surface area contributed by atoms with Gasteiger partial charge in [0.05, 0.1) is 37.3 Å². The molecule has 0 saturated carbocycles. The summed E-state index contributed by atoms with van der Waals surface area (Å²) in [5, 5.41) is 17.0. The van der Waals surface area contributed by atoms with Crippen LogP contribution in [-0.4, -0.2) is 91.8 Å². The number of alkyl carbamates (subject to hydrolysis) is 1. The van der Waals surface area contributed by atoms with Crippen LogP contribution in [0.25, 0.3) is 22.0 Å². The van der Waals surface area contributed by atoms with Crippen LogP contribution in [0.15, 0.2) is 48.8 Å². The van der Waals surface area contributed by atoms with E-state index in [1.807, 2.05) is 26.1 Å². The third-order valence-corrected chi connectivity index (χ3v) is 11.2. The summed E-state index contributed by atoms with van der Waals surface area (Å²) >= 11 is 0. The zero-order valence-corrected chi connectivity index (χ0v) is 31.8. The Balaban J connectivity index is 1.12. The van der Waals surface area contributed by atoms with Crippen molar-refractivity contribution in [3.8, 4) is 23.1 Å². The van der Waals surface area contributed by atoms with E-state index in [9.17, 15) is 19.5 Å². The summed E-state index contributed by atoms with van der Waals surface area (Å²) in [6.07, 6.45) is 7.26. The molecule has 2 aromatic heterocycles. The van der Waals surface area contributed by atoms with Gasteiger partial charge >= 0.3 is 12.2 Å². The molecule has 4 heterocycles. The van der Waals surface area contributed by atoms with Crippen LogP contribution in [0.5, 0.6) is 0 Å². The first-order valence-corrected chi connectivity index (χ1v) is 19.1. The van der Waals surface area contributed by atoms with Crippen LogP contribution in [0.2, 0.25) is 0 Å². The molecular formula is C41H52N8O5. The number of carbonyl (C=O) groups is 3. The molecule has 0 bridgehead atoms. The maximum Gasteiger partial charge on any atom is 0.407 e. The Morgan fingerprint density at radius 1 is 0.907 bits per heavy atom. The molecule has 4 aromatic rings. The molecule has 5 N–H and O–H groups in total. The maximum atomic E-state index is 13.5. The lowest BCUT2D eigenvalue weighted by atomic mass is 9.97. The number of fused-ring (bicyclic) bond motifs is 1. The van der Waals surface area contributed by atoms with E-state index in [4.69, 9.17) is 9.72 Å². The highest BCUT2D eigenvalue weighted by molar-refractivity contribution is 5.88. The number of ether oxygens (including phenoxy) is 1. The molecule has 2 aliphatic rings. The van der Waals surface area contributed by atoms with Gasteiger partial charge in [-0.2, -0.15) is 0 Å². The monoisotopic (exact) mass is 736 g/mol. The van der Waals surface area contributed by atoms with Crippen molar-refractivity contribution in [3.63, 3.8) is 0 Å². The van der Waals surface area contributed by atoms with Gasteiger partial charge in [0, 0.05) is 30.3 Å².